The molecule has 2 aliphatic rings. The summed E-state index contributed by atoms with van der Waals surface area (Å²) in [5, 5.41) is 8.58. The Balaban J connectivity index is 1.54. The van der Waals surface area contributed by atoms with E-state index < -0.39 is 29.7 Å². The molecule has 2 aromatic heterocycles. The quantitative estimate of drug-likeness (QED) is 0.598. The largest absolute Gasteiger partial charge is 0.497 e. The third kappa shape index (κ3) is 3.52. The van der Waals surface area contributed by atoms with E-state index in [2.05, 4.69) is 15.2 Å². The maximum atomic E-state index is 13.5. The minimum Gasteiger partial charge on any atom is -0.497 e. The Labute approximate surface area is 187 Å². The van der Waals surface area contributed by atoms with Crippen molar-refractivity contribution in [3.8, 4) is 17.3 Å². The number of nitrogens with zero attached hydrogens (tertiary/aromatic N) is 5. The molecule has 0 N–H and O–H groups in total. The van der Waals surface area contributed by atoms with E-state index in [9.17, 15) is 18.0 Å². The molecular weight excluding hydrogens is 439 g/mol. The lowest BCUT2D eigenvalue weighted by Crippen LogP contribution is -2.56. The fourth-order valence-electron chi connectivity index (χ4n) is 4.49. The van der Waals surface area contributed by atoms with E-state index in [-0.39, 0.29) is 24.3 Å². The third-order valence-corrected chi connectivity index (χ3v) is 6.09. The number of carbonyl (C=O) groups excluding carboxylic acids is 1. The van der Waals surface area contributed by atoms with Crippen LogP contribution in [0.15, 0.2) is 36.5 Å². The molecule has 33 heavy (non-hydrogen) atoms. The summed E-state index contributed by atoms with van der Waals surface area (Å²) in [6.07, 6.45) is -2.94. The van der Waals surface area contributed by atoms with Gasteiger partial charge in [-0.1, -0.05) is 6.07 Å². The van der Waals surface area contributed by atoms with Crippen LogP contribution in [0.1, 0.15) is 33.4 Å². The molecule has 0 radical (unpaired) electrons. The molecule has 0 aliphatic carbocycles. The van der Waals surface area contributed by atoms with Gasteiger partial charge < -0.3 is 18.9 Å². The van der Waals surface area contributed by atoms with Gasteiger partial charge in [0.15, 0.2) is 11.6 Å². The first-order valence-electron chi connectivity index (χ1n) is 10.3. The summed E-state index contributed by atoms with van der Waals surface area (Å²) in [7, 11) is 1.55. The highest BCUT2D eigenvalue weighted by Crippen LogP contribution is 2.38. The Kier molecular flexibility index (Phi) is 5.08. The predicted octanol–water partition coefficient (Wildman–Crippen LogP) is 3.27. The first-order valence-corrected chi connectivity index (χ1v) is 10.3. The number of hydrogen-bond donors (Lipinski definition) is 0. The Morgan fingerprint density at radius 1 is 1.21 bits per heavy atom. The Morgan fingerprint density at radius 2 is 2.03 bits per heavy atom. The normalized spacial score (nSPS) is 19.8. The number of morpholine rings is 1. The second kappa shape index (κ2) is 7.84. The number of amides is 1. The lowest BCUT2D eigenvalue weighted by Gasteiger charge is -2.45. The molecule has 2 atom stereocenters. The van der Waals surface area contributed by atoms with Crippen LogP contribution in [0.25, 0.3) is 11.5 Å². The summed E-state index contributed by atoms with van der Waals surface area (Å²) in [5.74, 6) is 1.17. The number of aromatic nitrogens is 4. The summed E-state index contributed by atoms with van der Waals surface area (Å²) in [6.45, 7) is 2.07. The first kappa shape index (κ1) is 21.4. The number of fused-ring (bicyclic) bond motifs is 4. The Hall–Kier alpha value is -3.47. The highest BCUT2D eigenvalue weighted by Gasteiger charge is 2.45. The van der Waals surface area contributed by atoms with Crippen molar-refractivity contribution in [2.75, 3.05) is 20.3 Å². The van der Waals surface area contributed by atoms with Gasteiger partial charge >= 0.3 is 6.18 Å². The van der Waals surface area contributed by atoms with E-state index in [1.165, 1.54) is 19.1 Å². The molecule has 5 rings (SSSR count). The van der Waals surface area contributed by atoms with Crippen LogP contribution in [0.5, 0.6) is 5.75 Å². The number of methoxy groups -OCH3 is 1. The fraction of sp³-hybridized carbons (Fsp3) is 0.364. The molecule has 1 saturated heterocycles. The van der Waals surface area contributed by atoms with Crippen molar-refractivity contribution in [1.29, 1.82) is 0 Å². The molecule has 4 heterocycles. The van der Waals surface area contributed by atoms with E-state index >= 15 is 0 Å². The average molecular weight is 459 g/mol. The zero-order valence-corrected chi connectivity index (χ0v) is 17.8. The molecule has 3 aromatic rings. The molecular formula is C22H20F3N5O3. The Bertz CT molecular complexity index is 1230. The van der Waals surface area contributed by atoms with Crippen LogP contribution in [0.3, 0.4) is 0 Å². The van der Waals surface area contributed by atoms with Crippen molar-refractivity contribution in [3.05, 3.63) is 59.0 Å². The van der Waals surface area contributed by atoms with Crippen LogP contribution in [-0.2, 0) is 17.5 Å². The lowest BCUT2D eigenvalue weighted by atomic mass is 9.97. The van der Waals surface area contributed by atoms with Gasteiger partial charge in [0.25, 0.3) is 5.91 Å². The standard InChI is InChI=1S/C22H20F3N5O3/c1-12-15(4-3-5-16(12)22(23,24)25)21(31)30-13-9-29-19(17-8-14(32-2)6-7-26-17)27-28-20(29)18(30)11-33-10-13/h3-8,13,18H,9-11H2,1-2H3/t13-,18-/m1/s1. The first-order chi connectivity index (χ1) is 15.8. The fourth-order valence-corrected chi connectivity index (χ4v) is 4.49. The molecule has 2 aliphatic heterocycles. The van der Waals surface area contributed by atoms with Crippen molar-refractivity contribution in [2.24, 2.45) is 0 Å². The van der Waals surface area contributed by atoms with Crippen LogP contribution >= 0.6 is 0 Å². The second-order valence-electron chi connectivity index (χ2n) is 7.97. The van der Waals surface area contributed by atoms with Gasteiger partial charge in [-0.25, -0.2) is 0 Å². The van der Waals surface area contributed by atoms with E-state index in [1.54, 1.807) is 30.3 Å². The van der Waals surface area contributed by atoms with Gasteiger partial charge in [-0.15, -0.1) is 10.2 Å². The monoisotopic (exact) mass is 459 g/mol. The summed E-state index contributed by atoms with van der Waals surface area (Å²) >= 11 is 0. The maximum Gasteiger partial charge on any atom is 0.416 e. The minimum absolute atomic E-state index is 0.0179. The number of ether oxygens (including phenoxy) is 2. The lowest BCUT2D eigenvalue weighted by molar-refractivity contribution is -0.138. The molecule has 0 spiro atoms. The van der Waals surface area contributed by atoms with E-state index in [4.69, 9.17) is 9.47 Å². The van der Waals surface area contributed by atoms with Gasteiger partial charge in [0.1, 0.15) is 17.5 Å². The van der Waals surface area contributed by atoms with Crippen molar-refractivity contribution >= 4 is 5.91 Å². The molecule has 8 nitrogen and oxygen atoms in total. The van der Waals surface area contributed by atoms with Gasteiger partial charge in [0, 0.05) is 24.4 Å². The van der Waals surface area contributed by atoms with Crippen LogP contribution < -0.4 is 4.74 Å². The molecule has 1 aromatic carbocycles. The highest BCUT2D eigenvalue weighted by molar-refractivity contribution is 5.96. The Morgan fingerprint density at radius 3 is 2.79 bits per heavy atom. The van der Waals surface area contributed by atoms with Gasteiger partial charge in [-0.2, -0.15) is 13.2 Å². The summed E-state index contributed by atoms with van der Waals surface area (Å²) in [6, 6.07) is 6.16. The highest BCUT2D eigenvalue weighted by atomic mass is 19.4. The van der Waals surface area contributed by atoms with Crippen molar-refractivity contribution in [3.63, 3.8) is 0 Å². The van der Waals surface area contributed by atoms with Gasteiger partial charge in [0.2, 0.25) is 0 Å². The number of carbonyl (C=O) groups is 1. The molecule has 1 amide bonds. The van der Waals surface area contributed by atoms with E-state index in [0.29, 0.717) is 29.6 Å². The minimum atomic E-state index is -4.54. The number of halogens is 3. The van der Waals surface area contributed by atoms with Crippen molar-refractivity contribution in [2.45, 2.75) is 31.7 Å². The number of rotatable bonds is 3. The zero-order valence-electron chi connectivity index (χ0n) is 17.8. The number of pyridine rings is 1. The number of benzene rings is 1. The van der Waals surface area contributed by atoms with Gasteiger partial charge in [0.05, 0.1) is 31.9 Å². The summed E-state index contributed by atoms with van der Waals surface area (Å²) < 4.78 is 53.0. The van der Waals surface area contributed by atoms with E-state index in [1.807, 2.05) is 4.57 Å². The zero-order chi connectivity index (χ0) is 23.3. The van der Waals surface area contributed by atoms with Crippen LogP contribution in [-0.4, -0.2) is 56.9 Å². The second-order valence-corrected chi connectivity index (χ2v) is 7.97. The average Bonchev–Trinajstić information content (AvgIpc) is 3.21. The molecule has 1 fully saturated rings. The topological polar surface area (TPSA) is 82.4 Å². The van der Waals surface area contributed by atoms with Gasteiger partial charge in [-0.3, -0.25) is 9.78 Å². The molecule has 2 bridgehead atoms. The smallest absolute Gasteiger partial charge is 0.416 e. The molecule has 172 valence electrons. The molecule has 0 unspecified atom stereocenters. The van der Waals surface area contributed by atoms with Crippen LogP contribution in [0, 0.1) is 6.92 Å². The third-order valence-electron chi connectivity index (χ3n) is 6.09. The number of hydrogen-bond acceptors (Lipinski definition) is 6. The van der Waals surface area contributed by atoms with Crippen molar-refractivity contribution in [1.82, 2.24) is 24.6 Å². The van der Waals surface area contributed by atoms with Crippen molar-refractivity contribution < 1.29 is 27.4 Å². The predicted molar refractivity (Wildman–Crippen MR) is 110 cm³/mol. The molecule has 11 heteroatoms. The number of alkyl halides is 3. The summed E-state index contributed by atoms with van der Waals surface area (Å²) in [5.41, 5.74) is -0.325. The summed E-state index contributed by atoms with van der Waals surface area (Å²) in [4.78, 5) is 19.4. The maximum absolute atomic E-state index is 13.5. The molecule has 0 saturated carbocycles. The van der Waals surface area contributed by atoms with Crippen LogP contribution in [0.2, 0.25) is 0 Å². The SMILES string of the molecule is COc1ccnc(-c2nnc3n2C[C@@H]2COC[C@H]3N2C(=O)c2cccc(C(F)(F)F)c2C)c1. The van der Waals surface area contributed by atoms with E-state index in [0.717, 1.165) is 6.07 Å². The van der Waals surface area contributed by atoms with Gasteiger partial charge in [-0.05, 0) is 30.7 Å². The van der Waals surface area contributed by atoms with Crippen LogP contribution in [0.4, 0.5) is 13.2 Å².